The third-order valence-electron chi connectivity index (χ3n) is 2.84. The van der Waals surface area contributed by atoms with Gasteiger partial charge in [0.15, 0.2) is 0 Å². The Balaban J connectivity index is 2.58. The summed E-state index contributed by atoms with van der Waals surface area (Å²) in [6.45, 7) is 1.78. The van der Waals surface area contributed by atoms with Crippen molar-refractivity contribution in [1.29, 1.82) is 0 Å². The number of H-pyrrole nitrogens is 1. The quantitative estimate of drug-likeness (QED) is 0.873. The average Bonchev–Trinajstić information content (AvgIpc) is 2.31. The Labute approximate surface area is 102 Å². The van der Waals surface area contributed by atoms with E-state index in [1.807, 2.05) is 0 Å². The number of rotatable bonds is 3. The van der Waals surface area contributed by atoms with Crippen LogP contribution in [0.4, 0.5) is 4.39 Å². The summed E-state index contributed by atoms with van der Waals surface area (Å²) in [5.74, 6) is -1.51. The van der Waals surface area contributed by atoms with Gasteiger partial charge >= 0.3 is 5.97 Å². The summed E-state index contributed by atoms with van der Waals surface area (Å²) < 4.78 is 13.6. The Morgan fingerprint density at radius 2 is 2.17 bits per heavy atom. The summed E-state index contributed by atoms with van der Waals surface area (Å²) in [5.41, 5.74) is 0.770. The van der Waals surface area contributed by atoms with Gasteiger partial charge in [0.1, 0.15) is 5.82 Å². The molecule has 94 valence electrons. The van der Waals surface area contributed by atoms with E-state index in [1.54, 1.807) is 19.1 Å². The monoisotopic (exact) mass is 249 g/mol. The number of hydrogen-bond donors (Lipinski definition) is 2. The van der Waals surface area contributed by atoms with Gasteiger partial charge in [-0.05, 0) is 36.4 Å². The Morgan fingerprint density at radius 3 is 2.83 bits per heavy atom. The minimum Gasteiger partial charge on any atom is -0.481 e. The largest absolute Gasteiger partial charge is 0.481 e. The first-order valence-electron chi connectivity index (χ1n) is 5.52. The molecule has 0 bridgehead atoms. The molecule has 1 aromatic heterocycles. The van der Waals surface area contributed by atoms with Crippen LogP contribution in [0, 0.1) is 12.7 Å². The number of halogens is 1. The van der Waals surface area contributed by atoms with Crippen molar-refractivity contribution in [3.63, 3.8) is 0 Å². The number of hydrogen-bond acceptors (Lipinski definition) is 2. The van der Waals surface area contributed by atoms with Gasteiger partial charge in [0.2, 0.25) is 0 Å². The maximum Gasteiger partial charge on any atom is 0.303 e. The van der Waals surface area contributed by atoms with E-state index in [-0.39, 0.29) is 18.2 Å². The van der Waals surface area contributed by atoms with E-state index in [1.165, 1.54) is 6.07 Å². The Morgan fingerprint density at radius 1 is 1.44 bits per heavy atom. The van der Waals surface area contributed by atoms with Crippen molar-refractivity contribution in [1.82, 2.24) is 4.98 Å². The molecule has 0 saturated carbocycles. The molecule has 2 rings (SSSR count). The van der Waals surface area contributed by atoms with Crippen LogP contribution in [0.1, 0.15) is 17.7 Å². The third-order valence-corrected chi connectivity index (χ3v) is 2.84. The van der Waals surface area contributed by atoms with Crippen LogP contribution in [0.5, 0.6) is 0 Å². The number of nitrogens with one attached hydrogen (secondary N) is 1. The number of fused-ring (bicyclic) bond motifs is 1. The van der Waals surface area contributed by atoms with E-state index in [4.69, 9.17) is 5.11 Å². The minimum atomic E-state index is -0.938. The van der Waals surface area contributed by atoms with Gasteiger partial charge in [0.05, 0.1) is 11.8 Å². The highest BCUT2D eigenvalue weighted by atomic mass is 19.1. The Hall–Kier alpha value is -2.17. The number of carboxylic acid groups (broad SMARTS) is 1. The van der Waals surface area contributed by atoms with E-state index in [0.717, 1.165) is 5.56 Å². The van der Waals surface area contributed by atoms with E-state index in [2.05, 4.69) is 4.98 Å². The van der Waals surface area contributed by atoms with E-state index in [0.29, 0.717) is 11.1 Å². The number of benzene rings is 1. The molecule has 0 aliphatic rings. The normalized spacial score (nSPS) is 10.8. The van der Waals surface area contributed by atoms with Gasteiger partial charge in [0, 0.05) is 5.69 Å². The van der Waals surface area contributed by atoms with Crippen molar-refractivity contribution in [2.75, 3.05) is 0 Å². The molecule has 0 atom stereocenters. The number of aliphatic carboxylic acids is 1. The van der Waals surface area contributed by atoms with Gasteiger partial charge in [-0.1, -0.05) is 6.07 Å². The molecule has 0 unspecified atom stereocenters. The summed E-state index contributed by atoms with van der Waals surface area (Å²) in [5, 5.41) is 9.15. The fourth-order valence-electron chi connectivity index (χ4n) is 1.91. The summed E-state index contributed by atoms with van der Waals surface area (Å²) in [6, 6.07) is 4.49. The fourth-order valence-corrected chi connectivity index (χ4v) is 1.91. The van der Waals surface area contributed by atoms with E-state index >= 15 is 0 Å². The molecule has 0 aliphatic heterocycles. The minimum absolute atomic E-state index is 0.0223. The summed E-state index contributed by atoms with van der Waals surface area (Å²) in [7, 11) is 0. The van der Waals surface area contributed by atoms with Crippen LogP contribution in [0.3, 0.4) is 0 Å². The number of aryl methyl sites for hydroxylation is 2. The second kappa shape index (κ2) is 4.60. The lowest BCUT2D eigenvalue weighted by molar-refractivity contribution is -0.136. The summed E-state index contributed by atoms with van der Waals surface area (Å²) >= 11 is 0. The topological polar surface area (TPSA) is 70.2 Å². The lowest BCUT2D eigenvalue weighted by atomic mass is 10.0. The van der Waals surface area contributed by atoms with E-state index < -0.39 is 17.3 Å². The zero-order valence-corrected chi connectivity index (χ0v) is 9.79. The molecule has 18 heavy (non-hydrogen) atoms. The first-order valence-corrected chi connectivity index (χ1v) is 5.52. The Bertz CT molecular complexity index is 676. The van der Waals surface area contributed by atoms with Crippen LogP contribution in [0.2, 0.25) is 0 Å². The van der Waals surface area contributed by atoms with Gasteiger partial charge in [0.25, 0.3) is 5.56 Å². The molecule has 0 radical (unpaired) electrons. The predicted molar refractivity (Wildman–Crippen MR) is 65.2 cm³/mol. The molecule has 1 aromatic carbocycles. The average molecular weight is 249 g/mol. The molecular formula is C13H12FNO3. The molecule has 5 heteroatoms. The molecule has 4 nitrogen and oxygen atoms in total. The summed E-state index contributed by atoms with van der Waals surface area (Å²) in [6.07, 6.45) is 0.145. The van der Waals surface area contributed by atoms with Gasteiger partial charge < -0.3 is 10.1 Å². The van der Waals surface area contributed by atoms with Crippen LogP contribution >= 0.6 is 0 Å². The van der Waals surface area contributed by atoms with Crippen molar-refractivity contribution >= 4 is 16.7 Å². The van der Waals surface area contributed by atoms with Gasteiger partial charge in [-0.2, -0.15) is 0 Å². The van der Waals surface area contributed by atoms with Crippen molar-refractivity contribution in [2.24, 2.45) is 0 Å². The highest BCUT2D eigenvalue weighted by Gasteiger charge is 2.10. The summed E-state index contributed by atoms with van der Waals surface area (Å²) in [4.78, 5) is 24.8. The van der Waals surface area contributed by atoms with Crippen molar-refractivity contribution in [3.05, 3.63) is 45.6 Å². The lowest BCUT2D eigenvalue weighted by Gasteiger charge is -2.05. The fraction of sp³-hybridized carbons (Fsp3) is 0.231. The maximum absolute atomic E-state index is 13.6. The highest BCUT2D eigenvalue weighted by molar-refractivity contribution is 5.85. The number of carbonyl (C=O) groups is 1. The van der Waals surface area contributed by atoms with Crippen LogP contribution in [0.25, 0.3) is 10.8 Å². The van der Waals surface area contributed by atoms with Crippen LogP contribution in [0.15, 0.2) is 23.0 Å². The maximum atomic E-state index is 13.6. The first-order chi connectivity index (χ1) is 8.49. The molecule has 0 saturated heterocycles. The molecule has 0 amide bonds. The SMILES string of the molecule is Cc1ccc(F)c2c(=O)[nH]c(CCC(=O)O)cc12. The molecule has 1 heterocycles. The van der Waals surface area contributed by atoms with Gasteiger partial charge in [-0.3, -0.25) is 9.59 Å². The zero-order chi connectivity index (χ0) is 13.3. The standard InChI is InChI=1S/C13H12FNO3/c1-7-2-4-10(14)12-9(7)6-8(15-13(12)18)3-5-11(16)17/h2,4,6H,3,5H2,1H3,(H,15,18)(H,16,17). The molecule has 0 spiro atoms. The molecule has 2 N–H and O–H groups in total. The zero-order valence-electron chi connectivity index (χ0n) is 9.79. The van der Waals surface area contributed by atoms with Crippen molar-refractivity contribution < 1.29 is 14.3 Å². The molecule has 0 fully saturated rings. The molecular weight excluding hydrogens is 237 g/mol. The number of carboxylic acids is 1. The molecule has 0 aliphatic carbocycles. The smallest absolute Gasteiger partial charge is 0.303 e. The van der Waals surface area contributed by atoms with Crippen molar-refractivity contribution in [3.8, 4) is 0 Å². The van der Waals surface area contributed by atoms with Crippen LogP contribution < -0.4 is 5.56 Å². The van der Waals surface area contributed by atoms with E-state index in [9.17, 15) is 14.0 Å². The molecule has 2 aromatic rings. The van der Waals surface area contributed by atoms with Gasteiger partial charge in [-0.25, -0.2) is 4.39 Å². The Kier molecular flexibility index (Phi) is 3.14. The van der Waals surface area contributed by atoms with Crippen LogP contribution in [-0.4, -0.2) is 16.1 Å². The number of pyridine rings is 1. The van der Waals surface area contributed by atoms with Crippen molar-refractivity contribution in [2.45, 2.75) is 19.8 Å². The first kappa shape index (κ1) is 12.3. The highest BCUT2D eigenvalue weighted by Crippen LogP contribution is 2.19. The number of aromatic nitrogens is 1. The second-order valence-electron chi connectivity index (χ2n) is 4.17. The lowest BCUT2D eigenvalue weighted by Crippen LogP contribution is -2.12. The van der Waals surface area contributed by atoms with Crippen LogP contribution in [-0.2, 0) is 11.2 Å². The second-order valence-corrected chi connectivity index (χ2v) is 4.17. The van der Waals surface area contributed by atoms with Gasteiger partial charge in [-0.15, -0.1) is 0 Å². The third kappa shape index (κ3) is 2.25. The predicted octanol–water partition coefficient (Wildman–Crippen LogP) is 1.99. The number of aromatic amines is 1.